The van der Waals surface area contributed by atoms with Gasteiger partial charge < -0.3 is 4.74 Å². The first-order valence-electron chi connectivity index (χ1n) is 8.74. The smallest absolute Gasteiger partial charge is 0.0639 e. The van der Waals surface area contributed by atoms with Crippen LogP contribution in [0.3, 0.4) is 0 Å². The number of thiophene rings is 1. The third kappa shape index (κ3) is 3.40. The molecule has 2 aliphatic rings. The predicted octanol–water partition coefficient (Wildman–Crippen LogP) is 2.86. The summed E-state index contributed by atoms with van der Waals surface area (Å²) in [6.45, 7) is 5.46. The quantitative estimate of drug-likeness (QED) is 0.835. The Morgan fingerprint density at radius 3 is 2.96 bits per heavy atom. The molecule has 4 heterocycles. The van der Waals surface area contributed by atoms with E-state index in [1.54, 1.807) is 0 Å². The summed E-state index contributed by atoms with van der Waals surface area (Å²) < 4.78 is 5.82. The van der Waals surface area contributed by atoms with Gasteiger partial charge in [0.1, 0.15) is 0 Å². The lowest BCUT2D eigenvalue weighted by molar-refractivity contribution is -0.0242. The van der Waals surface area contributed by atoms with Crippen molar-refractivity contribution in [2.24, 2.45) is 5.92 Å². The van der Waals surface area contributed by atoms with E-state index in [9.17, 15) is 0 Å². The maximum atomic E-state index is 5.82. The Morgan fingerprint density at radius 2 is 2.21 bits per heavy atom. The van der Waals surface area contributed by atoms with Crippen LogP contribution in [0.5, 0.6) is 0 Å². The third-order valence-corrected chi connectivity index (χ3v) is 6.29. The first-order valence-corrected chi connectivity index (χ1v) is 9.62. The highest BCUT2D eigenvalue weighted by Crippen LogP contribution is 2.34. The van der Waals surface area contributed by atoms with Crippen molar-refractivity contribution in [2.75, 3.05) is 26.7 Å². The van der Waals surface area contributed by atoms with Crippen molar-refractivity contribution in [1.29, 1.82) is 0 Å². The van der Waals surface area contributed by atoms with E-state index in [4.69, 9.17) is 4.74 Å². The molecule has 0 saturated carbocycles. The van der Waals surface area contributed by atoms with E-state index in [2.05, 4.69) is 38.4 Å². The second-order valence-electron chi connectivity index (χ2n) is 6.90. The predicted molar refractivity (Wildman–Crippen MR) is 96.9 cm³/mol. The highest BCUT2D eigenvalue weighted by Gasteiger charge is 2.44. The summed E-state index contributed by atoms with van der Waals surface area (Å²) in [6.07, 6.45) is 5.37. The van der Waals surface area contributed by atoms with Gasteiger partial charge in [-0.1, -0.05) is 12.1 Å². The maximum Gasteiger partial charge on any atom is 0.0639 e. The van der Waals surface area contributed by atoms with E-state index < -0.39 is 0 Å². The van der Waals surface area contributed by atoms with Crippen LogP contribution in [-0.2, 0) is 17.8 Å². The van der Waals surface area contributed by atoms with Gasteiger partial charge in [0, 0.05) is 69.1 Å². The molecule has 0 aliphatic carbocycles. The molecule has 2 saturated heterocycles. The van der Waals surface area contributed by atoms with Crippen molar-refractivity contribution in [1.82, 2.24) is 14.8 Å². The average molecular weight is 343 g/mol. The third-order valence-electron chi connectivity index (χ3n) is 5.43. The van der Waals surface area contributed by atoms with Gasteiger partial charge in [-0.25, -0.2) is 0 Å². The second kappa shape index (κ2) is 7.31. The molecule has 24 heavy (non-hydrogen) atoms. The minimum atomic E-state index is 0.397. The number of ether oxygens (including phenoxy) is 1. The fourth-order valence-corrected chi connectivity index (χ4v) is 5.02. The van der Waals surface area contributed by atoms with Crippen LogP contribution in [-0.4, -0.2) is 53.7 Å². The summed E-state index contributed by atoms with van der Waals surface area (Å²) in [6, 6.07) is 9.21. The van der Waals surface area contributed by atoms with Crippen LogP contribution in [0.1, 0.15) is 16.9 Å². The number of fused-ring (bicyclic) bond motifs is 1. The van der Waals surface area contributed by atoms with Crippen molar-refractivity contribution in [2.45, 2.75) is 31.7 Å². The van der Waals surface area contributed by atoms with Gasteiger partial charge in [-0.2, -0.15) is 0 Å². The lowest BCUT2D eigenvalue weighted by Crippen LogP contribution is -2.50. The number of aromatic nitrogens is 1. The average Bonchev–Trinajstić information content (AvgIpc) is 3.26. The number of likely N-dealkylation sites (tertiary alicyclic amines) is 2. The van der Waals surface area contributed by atoms with Gasteiger partial charge in [-0.3, -0.25) is 14.8 Å². The van der Waals surface area contributed by atoms with Crippen LogP contribution < -0.4 is 0 Å². The van der Waals surface area contributed by atoms with Gasteiger partial charge >= 0.3 is 0 Å². The standard InChI is InChI=1S/C19H25N3OS/c1-23-19-6-8-22(12-16-5-3-9-24-16)18-14-21(13-17(18)19)11-15-4-2-7-20-10-15/h2-5,7,9-10,17-19H,6,8,11-14H2,1H3/t17-,18+,19-/m0/s1. The highest BCUT2D eigenvalue weighted by molar-refractivity contribution is 7.09. The fraction of sp³-hybridized carbons (Fsp3) is 0.526. The number of piperidine rings is 1. The van der Waals surface area contributed by atoms with Crippen LogP contribution in [0.4, 0.5) is 0 Å². The molecule has 0 radical (unpaired) electrons. The van der Waals surface area contributed by atoms with Gasteiger partial charge in [0.25, 0.3) is 0 Å². The summed E-state index contributed by atoms with van der Waals surface area (Å²) in [4.78, 5) is 11.0. The Morgan fingerprint density at radius 1 is 1.25 bits per heavy atom. The summed E-state index contributed by atoms with van der Waals surface area (Å²) in [7, 11) is 1.88. The van der Waals surface area contributed by atoms with Crippen molar-refractivity contribution in [3.05, 3.63) is 52.5 Å². The molecule has 2 aliphatic heterocycles. The summed E-state index contributed by atoms with van der Waals surface area (Å²) >= 11 is 1.87. The topological polar surface area (TPSA) is 28.6 Å². The molecule has 0 N–H and O–H groups in total. The van der Waals surface area contributed by atoms with Crippen LogP contribution in [0.25, 0.3) is 0 Å². The zero-order chi connectivity index (χ0) is 16.4. The molecule has 0 aromatic carbocycles. The van der Waals surface area contributed by atoms with Crippen LogP contribution in [0.2, 0.25) is 0 Å². The van der Waals surface area contributed by atoms with E-state index in [1.165, 1.54) is 10.4 Å². The minimum absolute atomic E-state index is 0.397. The number of nitrogens with zero attached hydrogens (tertiary/aromatic N) is 3. The normalized spacial score (nSPS) is 28.1. The maximum absolute atomic E-state index is 5.82. The largest absolute Gasteiger partial charge is 0.381 e. The molecule has 128 valence electrons. The number of methoxy groups -OCH3 is 1. The number of hydrogen-bond acceptors (Lipinski definition) is 5. The first-order chi connectivity index (χ1) is 11.8. The SMILES string of the molecule is CO[C@H]1CCN(Cc2cccs2)[C@@H]2CN(Cc3cccnc3)C[C@H]12. The van der Waals surface area contributed by atoms with Gasteiger partial charge in [0.15, 0.2) is 0 Å². The number of hydrogen-bond donors (Lipinski definition) is 0. The van der Waals surface area contributed by atoms with Crippen LogP contribution in [0, 0.1) is 5.92 Å². The zero-order valence-electron chi connectivity index (χ0n) is 14.2. The van der Waals surface area contributed by atoms with Crippen LogP contribution in [0.15, 0.2) is 42.0 Å². The Labute approximate surface area is 148 Å². The van der Waals surface area contributed by atoms with Crippen LogP contribution >= 0.6 is 11.3 Å². The first kappa shape index (κ1) is 16.2. The Hall–Kier alpha value is -1.27. The lowest BCUT2D eigenvalue weighted by Gasteiger charge is -2.41. The van der Waals surface area contributed by atoms with Crippen molar-refractivity contribution >= 4 is 11.3 Å². The van der Waals surface area contributed by atoms with E-state index in [-0.39, 0.29) is 0 Å². The molecule has 0 unspecified atom stereocenters. The number of rotatable bonds is 5. The van der Waals surface area contributed by atoms with E-state index in [0.29, 0.717) is 18.1 Å². The Kier molecular flexibility index (Phi) is 4.94. The Balaban J connectivity index is 1.47. The molecule has 0 bridgehead atoms. The molecular weight excluding hydrogens is 318 g/mol. The van der Waals surface area contributed by atoms with E-state index in [1.807, 2.05) is 36.9 Å². The molecule has 2 aromatic rings. The number of pyridine rings is 1. The molecule has 4 nitrogen and oxygen atoms in total. The van der Waals surface area contributed by atoms with Gasteiger partial charge in [0.05, 0.1) is 6.10 Å². The zero-order valence-corrected chi connectivity index (χ0v) is 15.0. The lowest BCUT2D eigenvalue weighted by atomic mass is 9.89. The molecule has 3 atom stereocenters. The molecule has 5 heteroatoms. The second-order valence-corrected chi connectivity index (χ2v) is 7.93. The highest BCUT2D eigenvalue weighted by atomic mass is 32.1. The molecule has 2 fully saturated rings. The summed E-state index contributed by atoms with van der Waals surface area (Å²) in [5.74, 6) is 0.611. The minimum Gasteiger partial charge on any atom is -0.381 e. The van der Waals surface area contributed by atoms with E-state index in [0.717, 1.165) is 39.1 Å². The van der Waals surface area contributed by atoms with Gasteiger partial charge in [-0.15, -0.1) is 11.3 Å². The molecule has 2 aromatic heterocycles. The van der Waals surface area contributed by atoms with Crippen molar-refractivity contribution < 1.29 is 4.74 Å². The van der Waals surface area contributed by atoms with Crippen molar-refractivity contribution in [3.8, 4) is 0 Å². The Bertz CT molecular complexity index is 633. The molecule has 0 spiro atoms. The molecule has 4 rings (SSSR count). The fourth-order valence-electron chi connectivity index (χ4n) is 4.29. The summed E-state index contributed by atoms with van der Waals surface area (Å²) in [5, 5.41) is 2.18. The van der Waals surface area contributed by atoms with Gasteiger partial charge in [0.2, 0.25) is 0 Å². The molecule has 0 amide bonds. The van der Waals surface area contributed by atoms with Gasteiger partial charge in [-0.05, 0) is 29.5 Å². The summed E-state index contributed by atoms with van der Waals surface area (Å²) in [5.41, 5.74) is 1.30. The monoisotopic (exact) mass is 343 g/mol. The van der Waals surface area contributed by atoms with Crippen molar-refractivity contribution in [3.63, 3.8) is 0 Å². The van der Waals surface area contributed by atoms with E-state index >= 15 is 0 Å². The molecular formula is C19H25N3OS.